The van der Waals surface area contributed by atoms with Crippen LogP contribution in [0.2, 0.25) is 0 Å². The van der Waals surface area contributed by atoms with E-state index in [1.165, 1.54) is 19.1 Å². The largest absolute Gasteiger partial charge is 0.484 e. The van der Waals surface area contributed by atoms with Crippen LogP contribution >= 0.6 is 0 Å². The monoisotopic (exact) mass is 464 g/mol. The molecule has 1 saturated heterocycles. The number of carbonyl (C=O) groups is 4. The van der Waals surface area contributed by atoms with Gasteiger partial charge in [-0.3, -0.25) is 19.2 Å². The van der Waals surface area contributed by atoms with Crippen LogP contribution in [0.4, 0.5) is 5.69 Å². The molecule has 2 fully saturated rings. The van der Waals surface area contributed by atoms with Gasteiger partial charge in [0.2, 0.25) is 5.91 Å². The second-order valence-corrected chi connectivity index (χ2v) is 8.57. The maximum Gasteiger partial charge on any atom is 0.308 e. The summed E-state index contributed by atoms with van der Waals surface area (Å²) in [5, 5.41) is 0. The molecular formula is C26H28N2O6. The van der Waals surface area contributed by atoms with E-state index in [-0.39, 0.29) is 30.9 Å². The zero-order chi connectivity index (χ0) is 24.1. The summed E-state index contributed by atoms with van der Waals surface area (Å²) < 4.78 is 10.7. The molecule has 8 heteroatoms. The molecule has 4 rings (SSSR count). The van der Waals surface area contributed by atoms with Crippen molar-refractivity contribution in [1.82, 2.24) is 4.90 Å². The number of benzene rings is 2. The molecule has 34 heavy (non-hydrogen) atoms. The number of carbonyl (C=O) groups excluding carboxylic acids is 4. The van der Waals surface area contributed by atoms with Crippen LogP contribution in [0.25, 0.3) is 0 Å². The average molecular weight is 465 g/mol. The van der Waals surface area contributed by atoms with Crippen LogP contribution in [0.15, 0.2) is 54.6 Å². The van der Waals surface area contributed by atoms with Crippen LogP contribution < -0.4 is 14.4 Å². The van der Waals surface area contributed by atoms with E-state index in [1.807, 2.05) is 18.2 Å². The van der Waals surface area contributed by atoms with Gasteiger partial charge in [-0.25, -0.2) is 4.90 Å². The van der Waals surface area contributed by atoms with Gasteiger partial charge < -0.3 is 14.4 Å². The summed E-state index contributed by atoms with van der Waals surface area (Å²) in [5.41, 5.74) is 0.380. The molecule has 1 atom stereocenters. The molecule has 2 aliphatic rings. The van der Waals surface area contributed by atoms with Crippen molar-refractivity contribution in [2.45, 2.75) is 57.5 Å². The summed E-state index contributed by atoms with van der Waals surface area (Å²) in [6, 6.07) is 14.2. The Balaban J connectivity index is 1.53. The highest BCUT2D eigenvalue weighted by Gasteiger charge is 2.46. The number of hydrogen-bond acceptors (Lipinski definition) is 6. The Morgan fingerprint density at radius 2 is 1.62 bits per heavy atom. The highest BCUT2D eigenvalue weighted by molar-refractivity contribution is 6.23. The van der Waals surface area contributed by atoms with Crippen LogP contribution in [0.1, 0.15) is 45.4 Å². The predicted molar refractivity (Wildman–Crippen MR) is 124 cm³/mol. The molecule has 3 amide bonds. The van der Waals surface area contributed by atoms with Crippen LogP contribution in [-0.2, 0) is 19.2 Å². The first kappa shape index (κ1) is 23.5. The topological polar surface area (TPSA) is 93.2 Å². The molecule has 1 saturated carbocycles. The third-order valence-electron chi connectivity index (χ3n) is 6.18. The van der Waals surface area contributed by atoms with Gasteiger partial charge in [-0.05, 0) is 49.2 Å². The maximum absolute atomic E-state index is 13.4. The van der Waals surface area contributed by atoms with Gasteiger partial charge in [-0.15, -0.1) is 0 Å². The van der Waals surface area contributed by atoms with Gasteiger partial charge in [-0.2, -0.15) is 0 Å². The van der Waals surface area contributed by atoms with E-state index in [1.54, 1.807) is 29.2 Å². The van der Waals surface area contributed by atoms with Gasteiger partial charge in [0.05, 0.1) is 12.1 Å². The summed E-state index contributed by atoms with van der Waals surface area (Å²) in [4.78, 5) is 53.5. The van der Waals surface area contributed by atoms with E-state index < -0.39 is 17.9 Å². The lowest BCUT2D eigenvalue weighted by atomic mass is 9.92. The van der Waals surface area contributed by atoms with E-state index in [9.17, 15) is 19.2 Å². The molecular weight excluding hydrogens is 436 g/mol. The smallest absolute Gasteiger partial charge is 0.308 e. The summed E-state index contributed by atoms with van der Waals surface area (Å²) >= 11 is 0. The molecule has 0 N–H and O–H groups in total. The van der Waals surface area contributed by atoms with Gasteiger partial charge in [0.25, 0.3) is 11.8 Å². The van der Waals surface area contributed by atoms with Crippen LogP contribution in [0.5, 0.6) is 11.5 Å². The first-order valence-corrected chi connectivity index (χ1v) is 11.6. The van der Waals surface area contributed by atoms with E-state index in [4.69, 9.17) is 9.47 Å². The van der Waals surface area contributed by atoms with Gasteiger partial charge in [0.1, 0.15) is 17.5 Å². The Bertz CT molecular complexity index is 1050. The first-order chi connectivity index (χ1) is 16.4. The molecule has 0 bridgehead atoms. The lowest BCUT2D eigenvalue weighted by Crippen LogP contribution is -2.52. The van der Waals surface area contributed by atoms with E-state index >= 15 is 0 Å². The lowest BCUT2D eigenvalue weighted by molar-refractivity contribution is -0.143. The fourth-order valence-corrected chi connectivity index (χ4v) is 4.66. The zero-order valence-corrected chi connectivity index (χ0v) is 19.1. The molecule has 0 spiro atoms. The second kappa shape index (κ2) is 10.5. The van der Waals surface area contributed by atoms with E-state index in [2.05, 4.69) is 0 Å². The molecule has 2 aromatic carbocycles. The fraction of sp³-hybridized carbons (Fsp3) is 0.385. The Hall–Kier alpha value is -3.68. The Morgan fingerprint density at radius 3 is 2.26 bits per heavy atom. The minimum atomic E-state index is -0.865. The van der Waals surface area contributed by atoms with Crippen LogP contribution in [-0.4, -0.2) is 47.3 Å². The van der Waals surface area contributed by atoms with Gasteiger partial charge in [0.15, 0.2) is 6.61 Å². The first-order valence-electron chi connectivity index (χ1n) is 11.6. The second-order valence-electron chi connectivity index (χ2n) is 8.57. The molecule has 1 aliphatic heterocycles. The van der Waals surface area contributed by atoms with Gasteiger partial charge in [0, 0.05) is 13.0 Å². The molecule has 2 aromatic rings. The summed E-state index contributed by atoms with van der Waals surface area (Å²) in [6.07, 6.45) is 4.57. The minimum absolute atomic E-state index is 0.0713. The number of esters is 1. The number of nitrogens with zero attached hydrogens (tertiary/aromatic N) is 2. The summed E-state index contributed by atoms with van der Waals surface area (Å²) in [6.45, 7) is 1.10. The molecule has 178 valence electrons. The van der Waals surface area contributed by atoms with Gasteiger partial charge in [-0.1, -0.05) is 37.5 Å². The number of rotatable bonds is 7. The number of ether oxygens (including phenoxy) is 2. The molecule has 1 unspecified atom stereocenters. The number of imide groups is 1. The van der Waals surface area contributed by atoms with Crippen molar-refractivity contribution in [2.75, 3.05) is 11.5 Å². The zero-order valence-electron chi connectivity index (χ0n) is 19.1. The number of para-hydroxylation sites is 1. The molecule has 0 aromatic heterocycles. The number of amides is 3. The Kier molecular flexibility index (Phi) is 7.25. The SMILES string of the molecule is CC(=O)Oc1ccc(N2C(=O)CC(N(C(=O)COc3ccccc3)C3CCCCC3)C2=O)cc1. The summed E-state index contributed by atoms with van der Waals surface area (Å²) in [5.74, 6) is -0.655. The normalized spacial score (nSPS) is 18.6. The van der Waals surface area contributed by atoms with Crippen molar-refractivity contribution in [3.63, 3.8) is 0 Å². The van der Waals surface area contributed by atoms with E-state index in [0.717, 1.165) is 37.0 Å². The molecule has 1 aliphatic carbocycles. The van der Waals surface area contributed by atoms with Crippen LogP contribution in [0.3, 0.4) is 0 Å². The van der Waals surface area contributed by atoms with Gasteiger partial charge >= 0.3 is 5.97 Å². The Morgan fingerprint density at radius 1 is 0.941 bits per heavy atom. The van der Waals surface area contributed by atoms with Crippen molar-refractivity contribution in [1.29, 1.82) is 0 Å². The van der Waals surface area contributed by atoms with Crippen molar-refractivity contribution in [3.05, 3.63) is 54.6 Å². The average Bonchev–Trinajstić information content (AvgIpc) is 3.13. The molecule has 8 nitrogen and oxygen atoms in total. The highest BCUT2D eigenvalue weighted by atomic mass is 16.5. The van der Waals surface area contributed by atoms with Crippen molar-refractivity contribution in [3.8, 4) is 11.5 Å². The quantitative estimate of drug-likeness (QED) is 0.354. The van der Waals surface area contributed by atoms with Crippen molar-refractivity contribution in [2.24, 2.45) is 0 Å². The minimum Gasteiger partial charge on any atom is -0.484 e. The third kappa shape index (κ3) is 5.27. The predicted octanol–water partition coefficient (Wildman–Crippen LogP) is 3.48. The summed E-state index contributed by atoms with van der Waals surface area (Å²) in [7, 11) is 0. The van der Waals surface area contributed by atoms with Crippen molar-refractivity contribution < 1.29 is 28.7 Å². The van der Waals surface area contributed by atoms with E-state index in [0.29, 0.717) is 17.2 Å². The standard InChI is InChI=1S/C26H28N2O6/c1-18(29)34-22-14-12-20(13-15-22)28-24(30)16-23(26(28)32)27(19-8-4-2-5-9-19)25(31)17-33-21-10-6-3-7-11-21/h3,6-7,10-15,19,23H,2,4-5,8-9,16-17H2,1H3. The van der Waals surface area contributed by atoms with Crippen molar-refractivity contribution >= 4 is 29.4 Å². The fourth-order valence-electron chi connectivity index (χ4n) is 4.66. The van der Waals surface area contributed by atoms with Crippen LogP contribution in [0, 0.1) is 0 Å². The maximum atomic E-state index is 13.4. The Labute approximate surface area is 198 Å². The number of anilines is 1. The lowest BCUT2D eigenvalue weighted by Gasteiger charge is -2.37. The highest BCUT2D eigenvalue weighted by Crippen LogP contribution is 2.32. The molecule has 1 heterocycles. The number of hydrogen-bond donors (Lipinski definition) is 0. The molecule has 0 radical (unpaired) electrons. The third-order valence-corrected chi connectivity index (χ3v) is 6.18.